The molecule has 2 aromatic carbocycles. The second-order valence-corrected chi connectivity index (χ2v) is 6.00. The summed E-state index contributed by atoms with van der Waals surface area (Å²) in [5, 5.41) is 24.7. The van der Waals surface area contributed by atoms with Crippen molar-refractivity contribution in [3.8, 4) is 0 Å². The molecule has 27 heavy (non-hydrogen) atoms. The van der Waals surface area contributed by atoms with Crippen LogP contribution in [0.25, 0.3) is 0 Å². The van der Waals surface area contributed by atoms with Gasteiger partial charge in [-0.1, -0.05) is 42.5 Å². The first-order valence-corrected chi connectivity index (χ1v) is 8.81. The summed E-state index contributed by atoms with van der Waals surface area (Å²) < 4.78 is 0. The number of aliphatic hydroxyl groups is 2. The van der Waals surface area contributed by atoms with E-state index in [2.05, 4.69) is 10.6 Å². The van der Waals surface area contributed by atoms with Crippen molar-refractivity contribution in [3.63, 3.8) is 0 Å². The molecule has 0 spiro atoms. The van der Waals surface area contributed by atoms with Gasteiger partial charge in [0.1, 0.15) is 12.5 Å². The zero-order valence-electron chi connectivity index (χ0n) is 14.9. The van der Waals surface area contributed by atoms with Gasteiger partial charge in [-0.25, -0.2) is 0 Å². The van der Waals surface area contributed by atoms with Crippen LogP contribution in [0.2, 0.25) is 0 Å². The third-order valence-corrected chi connectivity index (χ3v) is 3.82. The lowest BCUT2D eigenvalue weighted by molar-refractivity contribution is 0.0760. The molecular formula is C21H24N2O4. The van der Waals surface area contributed by atoms with Gasteiger partial charge in [0, 0.05) is 11.1 Å². The van der Waals surface area contributed by atoms with E-state index in [4.69, 9.17) is 0 Å². The minimum atomic E-state index is -1.08. The summed E-state index contributed by atoms with van der Waals surface area (Å²) in [6, 6.07) is 17.3. The summed E-state index contributed by atoms with van der Waals surface area (Å²) in [5.74, 6) is -0.676. The number of nitrogens with one attached hydrogen (secondary N) is 2. The number of rotatable bonds is 9. The normalized spacial score (nSPS) is 13.1. The average molecular weight is 368 g/mol. The summed E-state index contributed by atoms with van der Waals surface area (Å²) in [6.07, 6.45) is 2.78. The van der Waals surface area contributed by atoms with E-state index in [1.54, 1.807) is 54.6 Å². The number of amides is 2. The lowest BCUT2D eigenvalue weighted by atomic mass is 10.2. The molecular weight excluding hydrogens is 344 g/mol. The molecule has 0 heterocycles. The Morgan fingerprint density at radius 2 is 1.37 bits per heavy atom. The molecule has 6 nitrogen and oxygen atoms in total. The number of benzene rings is 2. The first kappa shape index (κ1) is 20.4. The van der Waals surface area contributed by atoms with E-state index in [0.717, 1.165) is 0 Å². The largest absolute Gasteiger partial charge is 0.374 e. The predicted molar refractivity (Wildman–Crippen MR) is 103 cm³/mol. The number of carbonyl (C=O) groups is 2. The Morgan fingerprint density at radius 1 is 0.852 bits per heavy atom. The fourth-order valence-electron chi connectivity index (χ4n) is 2.41. The predicted octanol–water partition coefficient (Wildman–Crippen LogP) is 2.21. The van der Waals surface area contributed by atoms with Crippen LogP contribution in [0, 0.1) is 0 Å². The van der Waals surface area contributed by atoms with E-state index >= 15 is 0 Å². The molecule has 2 amide bonds. The van der Waals surface area contributed by atoms with Crippen molar-refractivity contribution in [1.29, 1.82) is 0 Å². The van der Waals surface area contributed by atoms with E-state index in [0.29, 0.717) is 30.4 Å². The third-order valence-electron chi connectivity index (χ3n) is 3.82. The van der Waals surface area contributed by atoms with Crippen molar-refractivity contribution in [2.45, 2.75) is 31.7 Å². The van der Waals surface area contributed by atoms with Crippen molar-refractivity contribution in [1.82, 2.24) is 10.6 Å². The van der Waals surface area contributed by atoms with Crippen LogP contribution in [-0.2, 0) is 0 Å². The van der Waals surface area contributed by atoms with Crippen LogP contribution in [0.3, 0.4) is 0 Å². The van der Waals surface area contributed by atoms with E-state index < -0.39 is 12.5 Å². The molecule has 0 aliphatic carbocycles. The lowest BCUT2D eigenvalue weighted by Crippen LogP contribution is -2.34. The van der Waals surface area contributed by atoms with Crippen LogP contribution >= 0.6 is 0 Å². The van der Waals surface area contributed by atoms with E-state index in [1.165, 1.54) is 6.08 Å². The maximum Gasteiger partial charge on any atom is 0.253 e. The molecule has 4 N–H and O–H groups in total. The number of allylic oxidation sites excluding steroid dienone is 1. The van der Waals surface area contributed by atoms with Crippen LogP contribution in [0.15, 0.2) is 72.8 Å². The summed E-state index contributed by atoms with van der Waals surface area (Å²) >= 11 is 0. The number of hydrogen-bond acceptors (Lipinski definition) is 4. The minimum Gasteiger partial charge on any atom is -0.374 e. The van der Waals surface area contributed by atoms with Gasteiger partial charge in [0.05, 0.1) is 0 Å². The van der Waals surface area contributed by atoms with Gasteiger partial charge in [0.25, 0.3) is 11.8 Å². The summed E-state index contributed by atoms with van der Waals surface area (Å²) in [5.41, 5.74) is 0.968. The number of carbonyl (C=O) groups excluding carboxylic acids is 2. The van der Waals surface area contributed by atoms with E-state index in [-0.39, 0.29) is 11.8 Å². The Bertz CT molecular complexity index is 747. The molecule has 0 aliphatic rings. The van der Waals surface area contributed by atoms with Crippen LogP contribution in [0.4, 0.5) is 0 Å². The quantitative estimate of drug-likeness (QED) is 0.310. The average Bonchev–Trinajstić information content (AvgIpc) is 2.69. The highest BCUT2D eigenvalue weighted by atomic mass is 16.3. The molecule has 6 heteroatoms. The number of aliphatic hydroxyl groups excluding tert-OH is 2. The molecule has 0 saturated carbocycles. The minimum absolute atomic E-state index is 0.322. The first-order valence-electron chi connectivity index (χ1n) is 8.81. The van der Waals surface area contributed by atoms with Gasteiger partial charge < -0.3 is 20.8 Å². The molecule has 0 radical (unpaired) electrons. The second kappa shape index (κ2) is 10.9. The monoisotopic (exact) mass is 368 g/mol. The zero-order chi connectivity index (χ0) is 19.5. The molecule has 2 atom stereocenters. The van der Waals surface area contributed by atoms with Gasteiger partial charge in [-0.3, -0.25) is 9.59 Å². The third kappa shape index (κ3) is 7.43. The van der Waals surface area contributed by atoms with Gasteiger partial charge in [0.15, 0.2) is 0 Å². The van der Waals surface area contributed by atoms with Crippen molar-refractivity contribution in [2.75, 3.05) is 0 Å². The van der Waals surface area contributed by atoms with Crippen molar-refractivity contribution >= 4 is 11.8 Å². The number of unbranched alkanes of at least 4 members (excludes halogenated alkanes) is 1. The molecule has 0 bridgehead atoms. The van der Waals surface area contributed by atoms with Crippen LogP contribution < -0.4 is 10.6 Å². The standard InChI is InChI=1S/C21H24N2O4/c24-18(22-20(26)16-10-4-1-5-11-16)14-8-3-9-15-19(25)23-21(27)17-12-6-2-7-13-17/h1-2,4-8,10-14,18-19,24-25H,3,9,15H2,(H,22,26)(H,23,27). The molecule has 142 valence electrons. The van der Waals surface area contributed by atoms with Gasteiger partial charge in [-0.05, 0) is 49.6 Å². The second-order valence-electron chi connectivity index (χ2n) is 6.00. The Hall–Kier alpha value is -2.96. The molecule has 2 rings (SSSR count). The fourth-order valence-corrected chi connectivity index (χ4v) is 2.41. The maximum absolute atomic E-state index is 11.9. The van der Waals surface area contributed by atoms with E-state index in [1.807, 2.05) is 12.1 Å². The van der Waals surface area contributed by atoms with Crippen LogP contribution in [0.5, 0.6) is 0 Å². The zero-order valence-corrected chi connectivity index (χ0v) is 14.9. The van der Waals surface area contributed by atoms with Gasteiger partial charge in [0.2, 0.25) is 0 Å². The Balaban J connectivity index is 1.64. The molecule has 0 fully saturated rings. The summed E-state index contributed by atoms with van der Waals surface area (Å²) in [4.78, 5) is 23.8. The van der Waals surface area contributed by atoms with Gasteiger partial charge >= 0.3 is 0 Å². The van der Waals surface area contributed by atoms with E-state index in [9.17, 15) is 19.8 Å². The first-order chi connectivity index (χ1) is 13.1. The molecule has 0 aromatic heterocycles. The lowest BCUT2D eigenvalue weighted by Gasteiger charge is -2.12. The van der Waals surface area contributed by atoms with Crippen molar-refractivity contribution in [3.05, 3.63) is 83.9 Å². The molecule has 0 saturated heterocycles. The Kier molecular flexibility index (Phi) is 8.22. The highest BCUT2D eigenvalue weighted by molar-refractivity contribution is 5.94. The van der Waals surface area contributed by atoms with Crippen LogP contribution in [0.1, 0.15) is 40.0 Å². The van der Waals surface area contributed by atoms with Crippen molar-refractivity contribution < 1.29 is 19.8 Å². The highest BCUT2D eigenvalue weighted by Gasteiger charge is 2.10. The van der Waals surface area contributed by atoms with Crippen LogP contribution in [-0.4, -0.2) is 34.5 Å². The van der Waals surface area contributed by atoms with Gasteiger partial charge in [-0.2, -0.15) is 0 Å². The Labute approximate surface area is 158 Å². The summed E-state index contributed by atoms with van der Waals surface area (Å²) in [7, 11) is 0. The van der Waals surface area contributed by atoms with Crippen molar-refractivity contribution in [2.24, 2.45) is 0 Å². The molecule has 2 unspecified atom stereocenters. The van der Waals surface area contributed by atoms with Gasteiger partial charge in [-0.15, -0.1) is 0 Å². The highest BCUT2D eigenvalue weighted by Crippen LogP contribution is 2.04. The summed E-state index contributed by atoms with van der Waals surface area (Å²) in [6.45, 7) is 0. The SMILES string of the molecule is O=C(NC(O)C=CCCCC(O)NC(=O)c1ccccc1)c1ccccc1. The fraction of sp³-hybridized carbons (Fsp3) is 0.238. The Morgan fingerprint density at radius 3 is 1.93 bits per heavy atom. The smallest absolute Gasteiger partial charge is 0.253 e. The number of hydrogen-bond donors (Lipinski definition) is 4. The molecule has 0 aliphatic heterocycles. The maximum atomic E-state index is 11.9. The molecule has 2 aromatic rings. The topological polar surface area (TPSA) is 98.7 Å².